The molecular weight excluding hydrogens is 258 g/mol. The number of benzene rings is 1. The van der Waals surface area contributed by atoms with E-state index in [-0.39, 0.29) is 29.0 Å². The average molecular weight is 266 g/mol. The number of nitrogens with zero attached hydrogens (tertiary/aromatic N) is 3. The minimum atomic E-state index is -0.583. The van der Waals surface area contributed by atoms with Crippen LogP contribution in [-0.2, 0) is 4.79 Å². The molecule has 1 amide bonds. The van der Waals surface area contributed by atoms with Gasteiger partial charge in [-0.05, 0) is 6.07 Å². The van der Waals surface area contributed by atoms with Crippen molar-refractivity contribution in [3.8, 4) is 6.07 Å². The van der Waals surface area contributed by atoms with Crippen molar-refractivity contribution in [2.45, 2.75) is 11.8 Å². The van der Waals surface area contributed by atoms with Crippen LogP contribution in [0, 0.1) is 21.4 Å². The molecule has 2 rings (SSSR count). The first-order chi connectivity index (χ1) is 8.52. The Morgan fingerprint density at radius 3 is 2.78 bits per heavy atom. The number of non-ortho nitro benzene ring substituents is 1. The SMILES string of the molecule is N#Cc1cc([N+](=O)[O-])ccc1N1CC(Cl)CC1=O. The number of carbonyl (C=O) groups excluding carboxylic acids is 1. The number of anilines is 1. The van der Waals surface area contributed by atoms with Crippen LogP contribution in [0.4, 0.5) is 11.4 Å². The lowest BCUT2D eigenvalue weighted by Gasteiger charge is -2.16. The van der Waals surface area contributed by atoms with E-state index in [9.17, 15) is 14.9 Å². The molecule has 1 unspecified atom stereocenters. The molecule has 0 radical (unpaired) electrons. The highest BCUT2D eigenvalue weighted by atomic mass is 35.5. The Morgan fingerprint density at radius 1 is 1.56 bits per heavy atom. The summed E-state index contributed by atoms with van der Waals surface area (Å²) in [4.78, 5) is 23.1. The number of nitriles is 1. The van der Waals surface area contributed by atoms with Crippen LogP contribution in [0.15, 0.2) is 18.2 Å². The van der Waals surface area contributed by atoms with Gasteiger partial charge in [-0.15, -0.1) is 11.6 Å². The molecule has 1 atom stereocenters. The summed E-state index contributed by atoms with van der Waals surface area (Å²) in [7, 11) is 0. The lowest BCUT2D eigenvalue weighted by molar-refractivity contribution is -0.384. The van der Waals surface area contributed by atoms with E-state index in [1.807, 2.05) is 6.07 Å². The van der Waals surface area contributed by atoms with E-state index in [4.69, 9.17) is 16.9 Å². The van der Waals surface area contributed by atoms with E-state index in [0.717, 1.165) is 6.07 Å². The first-order valence-electron chi connectivity index (χ1n) is 5.16. The van der Waals surface area contributed by atoms with Gasteiger partial charge >= 0.3 is 0 Å². The van der Waals surface area contributed by atoms with E-state index < -0.39 is 4.92 Å². The summed E-state index contributed by atoms with van der Waals surface area (Å²) in [6.45, 7) is 0.312. The molecule has 92 valence electrons. The summed E-state index contributed by atoms with van der Waals surface area (Å²) in [6.07, 6.45) is 0.212. The zero-order valence-corrected chi connectivity index (χ0v) is 9.92. The molecule has 1 fully saturated rings. The second kappa shape index (κ2) is 4.63. The number of nitro benzene ring substituents is 1. The van der Waals surface area contributed by atoms with Crippen molar-refractivity contribution in [1.29, 1.82) is 5.26 Å². The summed E-state index contributed by atoms with van der Waals surface area (Å²) in [6, 6.07) is 5.69. The van der Waals surface area contributed by atoms with Gasteiger partial charge in [-0.3, -0.25) is 14.9 Å². The maximum absolute atomic E-state index is 11.7. The predicted octanol–water partition coefficient (Wildman–Crippen LogP) is 1.81. The van der Waals surface area contributed by atoms with Gasteiger partial charge in [0.15, 0.2) is 0 Å². The third-order valence-corrected chi connectivity index (χ3v) is 2.97. The molecule has 6 nitrogen and oxygen atoms in total. The monoisotopic (exact) mass is 265 g/mol. The lowest BCUT2D eigenvalue weighted by Crippen LogP contribution is -2.25. The maximum Gasteiger partial charge on any atom is 0.270 e. The average Bonchev–Trinajstić information content (AvgIpc) is 2.67. The third kappa shape index (κ3) is 2.13. The summed E-state index contributed by atoms with van der Waals surface area (Å²) in [5, 5.41) is 19.3. The Labute approximate surface area is 108 Å². The molecule has 1 saturated heterocycles. The van der Waals surface area contributed by atoms with Crippen LogP contribution in [0.25, 0.3) is 0 Å². The fourth-order valence-corrected chi connectivity index (χ4v) is 2.13. The summed E-state index contributed by atoms with van der Waals surface area (Å²) in [5.74, 6) is -0.180. The van der Waals surface area contributed by atoms with E-state index in [1.165, 1.54) is 17.0 Å². The van der Waals surface area contributed by atoms with E-state index in [2.05, 4.69) is 0 Å². The third-order valence-electron chi connectivity index (χ3n) is 2.68. The first kappa shape index (κ1) is 12.3. The van der Waals surface area contributed by atoms with Gasteiger partial charge in [0.25, 0.3) is 5.69 Å². The Balaban J connectivity index is 2.43. The molecule has 1 heterocycles. The number of alkyl halides is 1. The van der Waals surface area contributed by atoms with Gasteiger partial charge in [-0.1, -0.05) is 0 Å². The maximum atomic E-state index is 11.7. The summed E-state index contributed by atoms with van der Waals surface area (Å²) >= 11 is 5.88. The Kier molecular flexibility index (Phi) is 3.17. The van der Waals surface area contributed by atoms with Crippen molar-refractivity contribution in [1.82, 2.24) is 0 Å². The standard InChI is InChI=1S/C11H8ClN3O3/c12-8-4-11(16)14(6-8)10-2-1-9(15(17)18)3-7(10)5-13/h1-3,8H,4,6H2. The molecule has 7 heteroatoms. The fourth-order valence-electron chi connectivity index (χ4n) is 1.86. The van der Waals surface area contributed by atoms with Crippen LogP contribution in [0.1, 0.15) is 12.0 Å². The Hall–Kier alpha value is -2.13. The van der Waals surface area contributed by atoms with E-state index in [1.54, 1.807) is 0 Å². The number of amides is 1. The molecule has 0 saturated carbocycles. The molecule has 1 aliphatic rings. The molecule has 0 aliphatic carbocycles. The quantitative estimate of drug-likeness (QED) is 0.463. The van der Waals surface area contributed by atoms with Crippen molar-refractivity contribution in [3.05, 3.63) is 33.9 Å². The zero-order valence-electron chi connectivity index (χ0n) is 9.17. The van der Waals surface area contributed by atoms with Crippen molar-refractivity contribution in [2.24, 2.45) is 0 Å². The van der Waals surface area contributed by atoms with Crippen molar-refractivity contribution >= 4 is 28.9 Å². The normalized spacial score (nSPS) is 18.8. The minimum absolute atomic E-state index is 0.100. The Bertz CT molecular complexity index is 567. The smallest absolute Gasteiger partial charge is 0.270 e. The highest BCUT2D eigenvalue weighted by Crippen LogP contribution is 2.29. The fraction of sp³-hybridized carbons (Fsp3) is 0.273. The molecule has 18 heavy (non-hydrogen) atoms. The number of carbonyl (C=O) groups is 1. The van der Waals surface area contributed by atoms with Crippen molar-refractivity contribution in [3.63, 3.8) is 0 Å². The molecule has 0 N–H and O–H groups in total. The molecular formula is C11H8ClN3O3. The highest BCUT2D eigenvalue weighted by Gasteiger charge is 2.31. The van der Waals surface area contributed by atoms with Gasteiger partial charge < -0.3 is 4.90 Å². The van der Waals surface area contributed by atoms with E-state index >= 15 is 0 Å². The van der Waals surface area contributed by atoms with Crippen molar-refractivity contribution in [2.75, 3.05) is 11.4 Å². The van der Waals surface area contributed by atoms with Gasteiger partial charge in [-0.25, -0.2) is 0 Å². The van der Waals surface area contributed by atoms with Crippen LogP contribution in [-0.4, -0.2) is 22.8 Å². The highest BCUT2D eigenvalue weighted by molar-refractivity contribution is 6.24. The topological polar surface area (TPSA) is 87.2 Å². The van der Waals surface area contributed by atoms with E-state index in [0.29, 0.717) is 12.2 Å². The minimum Gasteiger partial charge on any atom is -0.310 e. The molecule has 1 aromatic rings. The second-order valence-corrected chi connectivity index (χ2v) is 4.49. The molecule has 1 aliphatic heterocycles. The number of halogens is 1. The number of hydrogen-bond acceptors (Lipinski definition) is 4. The van der Waals surface area contributed by atoms with Crippen molar-refractivity contribution < 1.29 is 9.72 Å². The zero-order chi connectivity index (χ0) is 13.3. The van der Waals surface area contributed by atoms with Gasteiger partial charge in [0.2, 0.25) is 5.91 Å². The first-order valence-corrected chi connectivity index (χ1v) is 5.59. The molecule has 0 spiro atoms. The molecule has 0 bridgehead atoms. The number of hydrogen-bond donors (Lipinski definition) is 0. The number of nitro groups is 1. The molecule has 0 aromatic heterocycles. The predicted molar refractivity (Wildman–Crippen MR) is 64.4 cm³/mol. The van der Waals surface area contributed by atoms with Crippen LogP contribution >= 0.6 is 11.6 Å². The van der Waals surface area contributed by atoms with Crippen LogP contribution in [0.5, 0.6) is 0 Å². The van der Waals surface area contributed by atoms with Crippen LogP contribution in [0.2, 0.25) is 0 Å². The van der Waals surface area contributed by atoms with Gasteiger partial charge in [0.1, 0.15) is 6.07 Å². The molecule has 1 aromatic carbocycles. The van der Waals surface area contributed by atoms with Gasteiger partial charge in [-0.2, -0.15) is 5.26 Å². The largest absolute Gasteiger partial charge is 0.310 e. The number of rotatable bonds is 2. The van der Waals surface area contributed by atoms with Gasteiger partial charge in [0.05, 0.1) is 21.6 Å². The van der Waals surface area contributed by atoms with Gasteiger partial charge in [0, 0.05) is 25.1 Å². The van der Waals surface area contributed by atoms with Crippen LogP contribution < -0.4 is 4.90 Å². The second-order valence-electron chi connectivity index (χ2n) is 3.88. The lowest BCUT2D eigenvalue weighted by atomic mass is 10.1. The summed E-state index contributed by atoms with van der Waals surface area (Å²) < 4.78 is 0. The Morgan fingerprint density at radius 2 is 2.28 bits per heavy atom. The van der Waals surface area contributed by atoms with Crippen LogP contribution in [0.3, 0.4) is 0 Å². The summed E-state index contributed by atoms with van der Waals surface area (Å²) in [5.41, 5.74) is 0.295.